The fraction of sp³-hybridized carbons (Fsp3) is 0.333. The predicted octanol–water partition coefficient (Wildman–Crippen LogP) is 3.35. The second-order valence-corrected chi connectivity index (χ2v) is 7.09. The summed E-state index contributed by atoms with van der Waals surface area (Å²) in [4.78, 5) is 47.1. The zero-order chi connectivity index (χ0) is 21.3. The van der Waals surface area contributed by atoms with Gasteiger partial charge in [-0.3, -0.25) is 4.79 Å². The summed E-state index contributed by atoms with van der Waals surface area (Å²) in [5.74, 6) is -0.918. The minimum atomic E-state index is -0.797. The Balaban J connectivity index is 1.85. The van der Waals surface area contributed by atoms with Gasteiger partial charge in [0.1, 0.15) is 5.69 Å². The van der Waals surface area contributed by atoms with E-state index in [1.165, 1.54) is 0 Å². The van der Waals surface area contributed by atoms with Gasteiger partial charge in [0, 0.05) is 5.69 Å². The van der Waals surface area contributed by atoms with Gasteiger partial charge >= 0.3 is 11.9 Å². The van der Waals surface area contributed by atoms with Crippen molar-refractivity contribution in [2.24, 2.45) is 0 Å². The van der Waals surface area contributed by atoms with Crippen LogP contribution in [0.15, 0.2) is 29.1 Å². The Kier molecular flexibility index (Phi) is 5.54. The van der Waals surface area contributed by atoms with Crippen molar-refractivity contribution in [3.8, 4) is 0 Å². The number of ether oxygens (including phenoxy) is 2. The topological polar surface area (TPSA) is 114 Å². The molecule has 1 aromatic carbocycles. The van der Waals surface area contributed by atoms with Gasteiger partial charge in [0.15, 0.2) is 11.9 Å². The smallest absolute Gasteiger partial charge is 0.355 e. The lowest BCUT2D eigenvalue weighted by atomic mass is 10.1. The summed E-state index contributed by atoms with van der Waals surface area (Å²) in [5, 5.41) is 0.457. The number of aryl methyl sites for hydroxylation is 1. The van der Waals surface area contributed by atoms with Crippen LogP contribution in [0.2, 0.25) is 0 Å². The normalized spacial score (nSPS) is 12.2. The van der Waals surface area contributed by atoms with Crippen LogP contribution in [0.25, 0.3) is 10.9 Å². The minimum Gasteiger partial charge on any atom is -0.459 e. The number of para-hydroxylation sites is 1. The van der Waals surface area contributed by atoms with Crippen LogP contribution in [0.3, 0.4) is 0 Å². The summed E-state index contributed by atoms with van der Waals surface area (Å²) in [6.07, 6.45) is -1.07. The molecule has 29 heavy (non-hydrogen) atoms. The SMILES string of the molecule is Cc1[nH]c(C(=O)O[C@@H](C)c2nc3ccccc3c(=O)[nH]2)c(C)c1C(=O)OC(C)C. The largest absolute Gasteiger partial charge is 0.459 e. The van der Waals surface area contributed by atoms with E-state index in [9.17, 15) is 14.4 Å². The first-order valence-corrected chi connectivity index (χ1v) is 9.29. The number of nitrogens with zero attached hydrogens (tertiary/aromatic N) is 1. The molecule has 0 fully saturated rings. The number of esters is 2. The fourth-order valence-corrected chi connectivity index (χ4v) is 3.11. The van der Waals surface area contributed by atoms with E-state index in [0.717, 1.165) is 0 Å². The molecule has 0 radical (unpaired) electrons. The lowest BCUT2D eigenvalue weighted by Gasteiger charge is -2.13. The van der Waals surface area contributed by atoms with E-state index in [1.807, 2.05) is 0 Å². The predicted molar refractivity (Wildman–Crippen MR) is 107 cm³/mol. The molecule has 0 aliphatic heterocycles. The van der Waals surface area contributed by atoms with Crippen molar-refractivity contribution in [1.29, 1.82) is 0 Å². The Morgan fingerprint density at radius 2 is 1.69 bits per heavy atom. The quantitative estimate of drug-likeness (QED) is 0.638. The van der Waals surface area contributed by atoms with Gasteiger partial charge in [0.25, 0.3) is 5.56 Å². The van der Waals surface area contributed by atoms with Crippen molar-refractivity contribution in [3.05, 3.63) is 63.0 Å². The lowest BCUT2D eigenvalue weighted by Crippen LogP contribution is -2.18. The Labute approximate surface area is 167 Å². The number of carbonyl (C=O) groups is 2. The number of benzene rings is 1. The van der Waals surface area contributed by atoms with Gasteiger partial charge in [0.05, 0.1) is 22.6 Å². The molecule has 0 spiro atoms. The molecule has 8 nitrogen and oxygen atoms in total. The van der Waals surface area contributed by atoms with Gasteiger partial charge in [-0.25, -0.2) is 14.6 Å². The number of carbonyl (C=O) groups excluding carboxylic acids is 2. The second kappa shape index (κ2) is 7.90. The van der Waals surface area contributed by atoms with Crippen LogP contribution in [-0.4, -0.2) is 33.0 Å². The Bertz CT molecular complexity index is 1140. The zero-order valence-electron chi connectivity index (χ0n) is 17.0. The summed E-state index contributed by atoms with van der Waals surface area (Å²) in [7, 11) is 0. The van der Waals surface area contributed by atoms with Crippen LogP contribution in [0.5, 0.6) is 0 Å². The maximum absolute atomic E-state index is 12.7. The number of aromatic nitrogens is 3. The van der Waals surface area contributed by atoms with Crippen LogP contribution in [-0.2, 0) is 9.47 Å². The molecule has 0 saturated carbocycles. The highest BCUT2D eigenvalue weighted by molar-refractivity contribution is 5.98. The molecule has 2 aromatic heterocycles. The minimum absolute atomic E-state index is 0.160. The van der Waals surface area contributed by atoms with Crippen molar-refractivity contribution in [2.75, 3.05) is 0 Å². The van der Waals surface area contributed by atoms with Crippen LogP contribution in [0, 0.1) is 13.8 Å². The Morgan fingerprint density at radius 1 is 1.00 bits per heavy atom. The Morgan fingerprint density at radius 3 is 2.38 bits per heavy atom. The summed E-state index contributed by atoms with van der Waals surface area (Å²) in [6, 6.07) is 6.91. The average molecular weight is 397 g/mol. The van der Waals surface area contributed by atoms with Crippen molar-refractivity contribution in [2.45, 2.75) is 46.8 Å². The molecule has 3 aromatic rings. The summed E-state index contributed by atoms with van der Waals surface area (Å²) in [5.41, 5.74) is 1.65. The first-order valence-electron chi connectivity index (χ1n) is 9.29. The molecule has 1 atom stereocenters. The van der Waals surface area contributed by atoms with Crippen molar-refractivity contribution >= 4 is 22.8 Å². The van der Waals surface area contributed by atoms with Crippen LogP contribution in [0.4, 0.5) is 0 Å². The van der Waals surface area contributed by atoms with E-state index in [2.05, 4.69) is 15.0 Å². The number of rotatable bonds is 5. The molecule has 8 heteroatoms. The highest BCUT2D eigenvalue weighted by Gasteiger charge is 2.26. The molecule has 0 bridgehead atoms. The zero-order valence-corrected chi connectivity index (χ0v) is 17.0. The summed E-state index contributed by atoms with van der Waals surface area (Å²) in [6.45, 7) is 8.46. The monoisotopic (exact) mass is 397 g/mol. The molecule has 0 amide bonds. The van der Waals surface area contributed by atoms with Crippen molar-refractivity contribution < 1.29 is 19.1 Å². The number of hydrogen-bond donors (Lipinski definition) is 2. The number of nitrogens with one attached hydrogen (secondary N) is 2. The van der Waals surface area contributed by atoms with Gasteiger partial charge in [0.2, 0.25) is 0 Å². The van der Waals surface area contributed by atoms with E-state index < -0.39 is 18.0 Å². The average Bonchev–Trinajstić information content (AvgIpc) is 2.95. The molecule has 0 unspecified atom stereocenters. The van der Waals surface area contributed by atoms with E-state index in [0.29, 0.717) is 27.7 Å². The molecule has 2 N–H and O–H groups in total. The first-order chi connectivity index (χ1) is 13.7. The first kappa shape index (κ1) is 20.3. The number of H-pyrrole nitrogens is 2. The third-order valence-corrected chi connectivity index (χ3v) is 4.49. The molecule has 3 rings (SSSR count). The second-order valence-electron chi connectivity index (χ2n) is 7.09. The van der Waals surface area contributed by atoms with Crippen LogP contribution >= 0.6 is 0 Å². The van der Waals surface area contributed by atoms with Crippen molar-refractivity contribution in [1.82, 2.24) is 15.0 Å². The van der Waals surface area contributed by atoms with Crippen molar-refractivity contribution in [3.63, 3.8) is 0 Å². The molecule has 152 valence electrons. The van der Waals surface area contributed by atoms with Crippen LogP contribution in [0.1, 0.15) is 64.8 Å². The molecule has 0 aliphatic rings. The van der Waals surface area contributed by atoms with Gasteiger partial charge in [-0.05, 0) is 52.3 Å². The highest BCUT2D eigenvalue weighted by atomic mass is 16.5. The molecular weight excluding hydrogens is 374 g/mol. The summed E-state index contributed by atoms with van der Waals surface area (Å²) < 4.78 is 10.7. The molecular formula is C21H23N3O5. The third-order valence-electron chi connectivity index (χ3n) is 4.49. The Hall–Kier alpha value is -3.42. The van der Waals surface area contributed by atoms with Gasteiger partial charge in [-0.2, -0.15) is 0 Å². The lowest BCUT2D eigenvalue weighted by molar-refractivity contribution is 0.0312. The van der Waals surface area contributed by atoms with Crippen LogP contribution < -0.4 is 5.56 Å². The maximum atomic E-state index is 12.7. The number of hydrogen-bond acceptors (Lipinski definition) is 6. The highest BCUT2D eigenvalue weighted by Crippen LogP contribution is 2.23. The number of aromatic amines is 2. The third kappa shape index (κ3) is 4.06. The van der Waals surface area contributed by atoms with Gasteiger partial charge < -0.3 is 19.4 Å². The van der Waals surface area contributed by atoms with E-state index >= 15 is 0 Å². The number of fused-ring (bicyclic) bond motifs is 1. The van der Waals surface area contributed by atoms with Gasteiger partial charge in [-0.1, -0.05) is 12.1 Å². The fourth-order valence-electron chi connectivity index (χ4n) is 3.11. The van der Waals surface area contributed by atoms with E-state index in [-0.39, 0.29) is 23.2 Å². The summed E-state index contributed by atoms with van der Waals surface area (Å²) >= 11 is 0. The van der Waals surface area contributed by atoms with Gasteiger partial charge in [-0.15, -0.1) is 0 Å². The standard InChI is InChI=1S/C21H23N3O5/c1-10(2)28-20(26)16-11(3)17(22-12(16)4)21(27)29-13(5)18-23-15-9-7-6-8-14(15)19(25)24-18/h6-10,13,22H,1-5H3,(H,23,24,25)/t13-/m0/s1. The van der Waals surface area contributed by atoms with E-state index in [1.54, 1.807) is 58.9 Å². The molecule has 2 heterocycles. The molecule has 0 aliphatic carbocycles. The van der Waals surface area contributed by atoms with E-state index in [4.69, 9.17) is 9.47 Å². The maximum Gasteiger partial charge on any atom is 0.355 e. The molecule has 0 saturated heterocycles.